The number of fused-ring (bicyclic) bond motifs is 1. The summed E-state index contributed by atoms with van der Waals surface area (Å²) in [5, 5.41) is 21.0. The summed E-state index contributed by atoms with van der Waals surface area (Å²) in [5.74, 6) is -2.23. The molecule has 0 radical (unpaired) electrons. The number of aliphatic hydroxyl groups excluding tert-OH is 1. The maximum absolute atomic E-state index is 12.0. The van der Waals surface area contributed by atoms with Crippen LogP contribution in [0.5, 0.6) is 0 Å². The first-order valence-corrected chi connectivity index (χ1v) is 8.00. The van der Waals surface area contributed by atoms with Crippen LogP contribution in [0.25, 0.3) is 11.0 Å². The average Bonchev–Trinajstić information content (AvgIpc) is 3.03. The zero-order valence-corrected chi connectivity index (χ0v) is 15.3. The molecule has 0 saturated heterocycles. The van der Waals surface area contributed by atoms with E-state index in [4.69, 9.17) is 9.90 Å². The molecule has 0 aromatic carbocycles. The van der Waals surface area contributed by atoms with E-state index < -0.39 is 12.1 Å². The van der Waals surface area contributed by atoms with Gasteiger partial charge in [0.05, 0.1) is 19.3 Å². The molecule has 0 aliphatic carbocycles. The third kappa shape index (κ3) is 5.28. The first-order valence-electron chi connectivity index (χ1n) is 8.00. The summed E-state index contributed by atoms with van der Waals surface area (Å²) in [6, 6.07) is 1.81. The molecule has 13 heteroatoms. The number of hydrogen-bond acceptors (Lipinski definition) is 7. The number of pyridine rings is 1. The molecule has 3 heterocycles. The Balaban J connectivity index is 0.000000370. The molecule has 0 spiro atoms. The lowest BCUT2D eigenvalue weighted by molar-refractivity contribution is -0.192. The van der Waals surface area contributed by atoms with Gasteiger partial charge in [-0.25, -0.2) is 9.78 Å². The minimum atomic E-state index is -5.08. The van der Waals surface area contributed by atoms with Crippen molar-refractivity contribution in [2.75, 3.05) is 11.9 Å². The van der Waals surface area contributed by atoms with Crippen LogP contribution in [0.4, 0.5) is 18.9 Å². The number of rotatable bonds is 4. The van der Waals surface area contributed by atoms with E-state index in [-0.39, 0.29) is 12.2 Å². The summed E-state index contributed by atoms with van der Waals surface area (Å²) in [6.07, 6.45) is -0.306. The molecule has 3 N–H and O–H groups in total. The summed E-state index contributed by atoms with van der Waals surface area (Å²) in [6.45, 7) is 0.297. The van der Waals surface area contributed by atoms with Gasteiger partial charge < -0.3 is 20.1 Å². The largest absolute Gasteiger partial charge is 0.490 e. The first-order chi connectivity index (χ1) is 13.5. The zero-order chi connectivity index (χ0) is 21.8. The SMILES string of the molecule is CN(Cc1nc2c(cnn2C)c(=O)[nH]1)c1ccncc1CO.O=C(O)C(F)(F)F. The number of anilines is 1. The number of alkyl halides is 3. The van der Waals surface area contributed by atoms with Gasteiger partial charge >= 0.3 is 12.1 Å². The third-order valence-corrected chi connectivity index (χ3v) is 3.74. The molecule has 0 aliphatic heterocycles. The van der Waals surface area contributed by atoms with Gasteiger partial charge in [-0.15, -0.1) is 0 Å². The molecule has 3 aromatic heterocycles. The fourth-order valence-corrected chi connectivity index (χ4v) is 2.38. The van der Waals surface area contributed by atoms with Gasteiger partial charge in [-0.3, -0.25) is 14.5 Å². The van der Waals surface area contributed by atoms with Crippen LogP contribution < -0.4 is 10.5 Å². The van der Waals surface area contributed by atoms with Crippen LogP contribution in [-0.4, -0.2) is 54.1 Å². The Morgan fingerprint density at radius 2 is 2.00 bits per heavy atom. The molecule has 156 valence electrons. The Morgan fingerprint density at radius 3 is 2.59 bits per heavy atom. The van der Waals surface area contributed by atoms with E-state index in [0.717, 1.165) is 5.69 Å². The van der Waals surface area contributed by atoms with Crippen LogP contribution in [0.3, 0.4) is 0 Å². The van der Waals surface area contributed by atoms with Crippen LogP contribution in [-0.2, 0) is 25.0 Å². The lowest BCUT2D eigenvalue weighted by Crippen LogP contribution is -2.22. The standard InChI is InChI=1S/C14H16N6O2.C2HF3O2/c1-19(11-3-4-15-5-9(11)8-21)7-12-17-13-10(14(22)18-12)6-16-20(13)2;3-2(4,5)1(6)7/h3-6,21H,7-8H2,1-2H3,(H,17,18,22);(H,6,7). The monoisotopic (exact) mass is 414 g/mol. The molecular formula is C16H17F3N6O4. The average molecular weight is 414 g/mol. The number of halogens is 3. The maximum atomic E-state index is 12.0. The van der Waals surface area contributed by atoms with Crippen LogP contribution in [0.2, 0.25) is 0 Å². The number of aromatic amines is 1. The quantitative estimate of drug-likeness (QED) is 0.571. The van der Waals surface area contributed by atoms with E-state index in [9.17, 15) is 23.1 Å². The number of carboxylic acid groups (broad SMARTS) is 1. The second-order valence-corrected chi connectivity index (χ2v) is 5.84. The fraction of sp³-hybridized carbons (Fsp3) is 0.312. The van der Waals surface area contributed by atoms with Crippen molar-refractivity contribution in [3.63, 3.8) is 0 Å². The Labute approximate surface area is 161 Å². The van der Waals surface area contributed by atoms with Crippen molar-refractivity contribution < 1.29 is 28.2 Å². The Kier molecular flexibility index (Phi) is 6.53. The van der Waals surface area contributed by atoms with Crippen molar-refractivity contribution in [2.24, 2.45) is 7.05 Å². The number of hydrogen-bond donors (Lipinski definition) is 3. The number of nitrogens with zero attached hydrogens (tertiary/aromatic N) is 5. The molecule has 0 aliphatic rings. The van der Waals surface area contributed by atoms with Crippen molar-refractivity contribution in [3.05, 3.63) is 46.4 Å². The molecule has 3 aromatic rings. The van der Waals surface area contributed by atoms with Crippen molar-refractivity contribution >= 4 is 22.7 Å². The molecule has 0 amide bonds. The van der Waals surface area contributed by atoms with E-state index >= 15 is 0 Å². The van der Waals surface area contributed by atoms with Crippen molar-refractivity contribution in [1.82, 2.24) is 24.7 Å². The lowest BCUT2D eigenvalue weighted by Gasteiger charge is -2.20. The Hall–Kier alpha value is -3.48. The second-order valence-electron chi connectivity index (χ2n) is 5.84. The van der Waals surface area contributed by atoms with Crippen LogP contribution in [0.15, 0.2) is 29.5 Å². The minimum Gasteiger partial charge on any atom is -0.475 e. The van der Waals surface area contributed by atoms with Gasteiger partial charge in [0.15, 0.2) is 5.65 Å². The highest BCUT2D eigenvalue weighted by molar-refractivity contribution is 5.73. The Morgan fingerprint density at radius 1 is 1.34 bits per heavy atom. The first kappa shape index (κ1) is 21.8. The van der Waals surface area contributed by atoms with E-state index in [1.165, 1.54) is 6.20 Å². The highest BCUT2D eigenvalue weighted by atomic mass is 19.4. The number of nitrogens with one attached hydrogen (secondary N) is 1. The van der Waals surface area contributed by atoms with E-state index in [1.807, 2.05) is 18.0 Å². The van der Waals surface area contributed by atoms with Gasteiger partial charge in [-0.1, -0.05) is 0 Å². The number of carbonyl (C=O) groups is 1. The summed E-state index contributed by atoms with van der Waals surface area (Å²) >= 11 is 0. The van der Waals surface area contributed by atoms with Crippen molar-refractivity contribution in [2.45, 2.75) is 19.3 Å². The maximum Gasteiger partial charge on any atom is 0.490 e. The van der Waals surface area contributed by atoms with Crippen molar-refractivity contribution in [1.29, 1.82) is 0 Å². The number of aliphatic hydroxyl groups is 1. The van der Waals surface area contributed by atoms with Crippen molar-refractivity contribution in [3.8, 4) is 0 Å². The van der Waals surface area contributed by atoms with Crippen LogP contribution >= 0.6 is 0 Å². The van der Waals surface area contributed by atoms with Gasteiger partial charge in [0.2, 0.25) is 0 Å². The molecule has 0 fully saturated rings. The number of aryl methyl sites for hydroxylation is 1. The summed E-state index contributed by atoms with van der Waals surface area (Å²) in [7, 11) is 3.61. The molecule has 0 atom stereocenters. The van der Waals surface area contributed by atoms with Crippen LogP contribution in [0, 0.1) is 0 Å². The summed E-state index contributed by atoms with van der Waals surface area (Å²) < 4.78 is 33.3. The third-order valence-electron chi connectivity index (χ3n) is 3.74. The second kappa shape index (κ2) is 8.68. The number of H-pyrrole nitrogens is 1. The smallest absolute Gasteiger partial charge is 0.475 e. The zero-order valence-electron chi connectivity index (χ0n) is 15.3. The highest BCUT2D eigenvalue weighted by Gasteiger charge is 2.38. The normalized spacial score (nSPS) is 11.1. The Bertz CT molecular complexity index is 1060. The summed E-state index contributed by atoms with van der Waals surface area (Å²) in [4.78, 5) is 34.0. The van der Waals surface area contributed by atoms with Gasteiger partial charge in [0, 0.05) is 37.7 Å². The molecule has 29 heavy (non-hydrogen) atoms. The topological polar surface area (TPSA) is 137 Å². The number of carboxylic acids is 1. The highest BCUT2D eigenvalue weighted by Crippen LogP contribution is 2.19. The van der Waals surface area contributed by atoms with E-state index in [1.54, 1.807) is 24.1 Å². The molecular weight excluding hydrogens is 397 g/mol. The van der Waals surface area contributed by atoms with E-state index in [0.29, 0.717) is 29.0 Å². The molecule has 0 bridgehead atoms. The molecule has 0 unspecified atom stereocenters. The molecule has 3 rings (SSSR count). The van der Waals surface area contributed by atoms with Gasteiger partial charge in [-0.2, -0.15) is 18.3 Å². The number of aromatic nitrogens is 5. The lowest BCUT2D eigenvalue weighted by atomic mass is 10.2. The summed E-state index contributed by atoms with van der Waals surface area (Å²) in [5.41, 5.74) is 1.89. The minimum absolute atomic E-state index is 0.0990. The fourth-order valence-electron chi connectivity index (χ4n) is 2.38. The van der Waals surface area contributed by atoms with Gasteiger partial charge in [0.1, 0.15) is 11.2 Å². The number of aliphatic carboxylic acids is 1. The molecule has 10 nitrogen and oxygen atoms in total. The van der Waals surface area contributed by atoms with E-state index in [2.05, 4.69) is 20.1 Å². The van der Waals surface area contributed by atoms with Gasteiger partial charge in [-0.05, 0) is 6.07 Å². The molecule has 0 saturated carbocycles. The predicted octanol–water partition coefficient (Wildman–Crippen LogP) is 0.814. The van der Waals surface area contributed by atoms with Crippen LogP contribution in [0.1, 0.15) is 11.4 Å². The van der Waals surface area contributed by atoms with Gasteiger partial charge in [0.25, 0.3) is 5.56 Å². The predicted molar refractivity (Wildman–Crippen MR) is 95.1 cm³/mol.